The number of rotatable bonds is 7. The van der Waals surface area contributed by atoms with Crippen LogP contribution < -0.4 is 5.32 Å². The van der Waals surface area contributed by atoms with E-state index in [-0.39, 0.29) is 0 Å². The lowest BCUT2D eigenvalue weighted by atomic mass is 10.0. The molecular weight excluding hydrogens is 332 g/mol. The highest BCUT2D eigenvalue weighted by Crippen LogP contribution is 2.26. The van der Waals surface area contributed by atoms with Crippen molar-refractivity contribution < 1.29 is 0 Å². The van der Waals surface area contributed by atoms with E-state index in [1.807, 2.05) is 0 Å². The molecule has 1 N–H and O–H groups in total. The molecule has 20 heavy (non-hydrogen) atoms. The van der Waals surface area contributed by atoms with Crippen LogP contribution in [0.4, 0.5) is 0 Å². The Morgan fingerprint density at radius 1 is 1.30 bits per heavy atom. The average Bonchev–Trinajstić information content (AvgIpc) is 2.49. The number of thioether (sulfide) groups is 1. The summed E-state index contributed by atoms with van der Waals surface area (Å²) in [7, 11) is 0. The summed E-state index contributed by atoms with van der Waals surface area (Å²) in [5, 5.41) is 3.70. The molecule has 2 rings (SSSR count). The quantitative estimate of drug-likeness (QED) is 0.796. The van der Waals surface area contributed by atoms with Crippen molar-refractivity contribution >= 4 is 27.7 Å². The summed E-state index contributed by atoms with van der Waals surface area (Å²) in [5.74, 6) is 2.59. The molecule has 0 bridgehead atoms. The Kier molecular flexibility index (Phi) is 7.42. The smallest absolute Gasteiger partial charge is 0.0343 e. The average molecular weight is 357 g/mol. The molecule has 1 aliphatic rings. The zero-order valence-electron chi connectivity index (χ0n) is 12.3. The molecule has 2 nitrogen and oxygen atoms in total. The van der Waals surface area contributed by atoms with Gasteiger partial charge in [-0.3, -0.25) is 0 Å². The Morgan fingerprint density at radius 3 is 2.75 bits per heavy atom. The summed E-state index contributed by atoms with van der Waals surface area (Å²) in [6.07, 6.45) is 2.37. The van der Waals surface area contributed by atoms with Crippen LogP contribution in [-0.2, 0) is 0 Å². The lowest BCUT2D eigenvalue weighted by molar-refractivity contribution is 0.280. The molecular formula is C16H25BrN2S. The van der Waals surface area contributed by atoms with Crippen LogP contribution in [0.25, 0.3) is 0 Å². The van der Waals surface area contributed by atoms with Gasteiger partial charge in [0.2, 0.25) is 0 Å². The molecule has 1 saturated heterocycles. The minimum Gasteiger partial charge on any atom is -0.310 e. The summed E-state index contributed by atoms with van der Waals surface area (Å²) in [4.78, 5) is 2.61. The van der Waals surface area contributed by atoms with Gasteiger partial charge in [0.1, 0.15) is 0 Å². The van der Waals surface area contributed by atoms with Gasteiger partial charge in [-0.1, -0.05) is 41.1 Å². The zero-order valence-corrected chi connectivity index (χ0v) is 14.7. The molecule has 1 aromatic carbocycles. The van der Waals surface area contributed by atoms with Gasteiger partial charge in [0, 0.05) is 41.7 Å². The minimum absolute atomic E-state index is 0.458. The molecule has 0 saturated carbocycles. The van der Waals surface area contributed by atoms with Crippen molar-refractivity contribution in [1.82, 2.24) is 10.2 Å². The van der Waals surface area contributed by atoms with Crippen LogP contribution in [0.1, 0.15) is 31.4 Å². The van der Waals surface area contributed by atoms with Crippen molar-refractivity contribution in [3.63, 3.8) is 0 Å². The highest BCUT2D eigenvalue weighted by molar-refractivity contribution is 9.10. The van der Waals surface area contributed by atoms with Crippen molar-refractivity contribution in [2.45, 2.75) is 25.8 Å². The molecule has 0 aromatic heterocycles. The standard InChI is InChI=1S/C16H25BrN2S/c1-2-8-18-16(14-5-3-4-6-15(14)17)7-9-19-10-12-20-13-11-19/h3-6,16,18H,2,7-13H2,1H3. The zero-order chi connectivity index (χ0) is 14.2. The molecule has 1 atom stereocenters. The first kappa shape index (κ1) is 16.3. The van der Waals surface area contributed by atoms with E-state index >= 15 is 0 Å². The topological polar surface area (TPSA) is 15.3 Å². The first-order valence-corrected chi connectivity index (χ1v) is 9.54. The Balaban J connectivity index is 1.94. The SMILES string of the molecule is CCCNC(CCN1CCSCC1)c1ccccc1Br. The summed E-state index contributed by atoms with van der Waals surface area (Å²) < 4.78 is 1.22. The normalized spacial score (nSPS) is 18.1. The number of benzene rings is 1. The van der Waals surface area contributed by atoms with Crippen molar-refractivity contribution in [1.29, 1.82) is 0 Å². The van der Waals surface area contributed by atoms with Crippen molar-refractivity contribution in [2.24, 2.45) is 0 Å². The lowest BCUT2D eigenvalue weighted by Crippen LogP contribution is -2.35. The largest absolute Gasteiger partial charge is 0.310 e. The molecule has 1 aromatic rings. The predicted molar refractivity (Wildman–Crippen MR) is 93.6 cm³/mol. The number of halogens is 1. The fraction of sp³-hybridized carbons (Fsp3) is 0.625. The molecule has 0 aliphatic carbocycles. The molecule has 1 unspecified atom stereocenters. The van der Waals surface area contributed by atoms with Crippen LogP contribution in [0.2, 0.25) is 0 Å². The van der Waals surface area contributed by atoms with E-state index in [0.717, 1.165) is 6.54 Å². The monoisotopic (exact) mass is 356 g/mol. The first-order valence-electron chi connectivity index (χ1n) is 7.59. The third kappa shape index (κ3) is 5.06. The first-order chi connectivity index (χ1) is 9.81. The molecule has 1 fully saturated rings. The van der Waals surface area contributed by atoms with Crippen LogP contribution in [0, 0.1) is 0 Å². The van der Waals surface area contributed by atoms with Gasteiger partial charge in [-0.05, 0) is 31.0 Å². The summed E-state index contributed by atoms with van der Waals surface area (Å²) in [5.41, 5.74) is 1.40. The van der Waals surface area contributed by atoms with Crippen molar-refractivity contribution in [2.75, 3.05) is 37.7 Å². The predicted octanol–water partition coefficient (Wildman–Crippen LogP) is 3.93. The molecule has 1 aliphatic heterocycles. The van der Waals surface area contributed by atoms with E-state index in [0.29, 0.717) is 6.04 Å². The third-order valence-corrected chi connectivity index (χ3v) is 5.42. The molecule has 1 heterocycles. The fourth-order valence-corrected chi connectivity index (χ4v) is 4.12. The van der Waals surface area contributed by atoms with E-state index in [1.54, 1.807) is 0 Å². The van der Waals surface area contributed by atoms with Gasteiger partial charge >= 0.3 is 0 Å². The second-order valence-corrected chi connectivity index (χ2v) is 7.35. The van der Waals surface area contributed by atoms with Crippen molar-refractivity contribution in [3.05, 3.63) is 34.3 Å². The number of nitrogens with zero attached hydrogens (tertiary/aromatic N) is 1. The molecule has 4 heteroatoms. The number of hydrogen-bond acceptors (Lipinski definition) is 3. The lowest BCUT2D eigenvalue weighted by Gasteiger charge is -2.29. The number of hydrogen-bond donors (Lipinski definition) is 1. The Hall–Kier alpha value is -0.0300. The molecule has 0 spiro atoms. The minimum atomic E-state index is 0.458. The van der Waals surface area contributed by atoms with Crippen LogP contribution in [0.15, 0.2) is 28.7 Å². The van der Waals surface area contributed by atoms with E-state index in [1.165, 1.54) is 54.0 Å². The van der Waals surface area contributed by atoms with E-state index in [4.69, 9.17) is 0 Å². The summed E-state index contributed by atoms with van der Waals surface area (Å²) in [6, 6.07) is 9.07. The summed E-state index contributed by atoms with van der Waals surface area (Å²) >= 11 is 5.78. The number of nitrogens with one attached hydrogen (secondary N) is 1. The van der Waals surface area contributed by atoms with E-state index in [2.05, 4.69) is 69.1 Å². The second-order valence-electron chi connectivity index (χ2n) is 5.27. The second kappa shape index (κ2) is 9.08. The maximum Gasteiger partial charge on any atom is 0.0343 e. The Bertz CT molecular complexity index is 394. The maximum absolute atomic E-state index is 3.70. The molecule has 0 amide bonds. The highest BCUT2D eigenvalue weighted by Gasteiger charge is 2.16. The Morgan fingerprint density at radius 2 is 2.05 bits per heavy atom. The van der Waals surface area contributed by atoms with Crippen molar-refractivity contribution in [3.8, 4) is 0 Å². The van der Waals surface area contributed by atoms with Crippen LogP contribution in [0.3, 0.4) is 0 Å². The van der Waals surface area contributed by atoms with E-state index in [9.17, 15) is 0 Å². The van der Waals surface area contributed by atoms with Gasteiger partial charge in [0.05, 0.1) is 0 Å². The van der Waals surface area contributed by atoms with Crippen LogP contribution in [-0.4, -0.2) is 42.6 Å². The van der Waals surface area contributed by atoms with Gasteiger partial charge in [-0.15, -0.1) is 0 Å². The highest BCUT2D eigenvalue weighted by atomic mass is 79.9. The molecule has 112 valence electrons. The third-order valence-electron chi connectivity index (χ3n) is 3.76. The van der Waals surface area contributed by atoms with Crippen LogP contribution >= 0.6 is 27.7 Å². The van der Waals surface area contributed by atoms with Gasteiger partial charge in [0.25, 0.3) is 0 Å². The maximum atomic E-state index is 3.70. The fourth-order valence-electron chi connectivity index (χ4n) is 2.58. The van der Waals surface area contributed by atoms with E-state index < -0.39 is 0 Å². The van der Waals surface area contributed by atoms with Gasteiger partial charge in [-0.2, -0.15) is 11.8 Å². The molecule has 0 radical (unpaired) electrons. The summed E-state index contributed by atoms with van der Waals surface area (Å²) in [6.45, 7) is 7.01. The van der Waals surface area contributed by atoms with Gasteiger partial charge in [-0.25, -0.2) is 0 Å². The van der Waals surface area contributed by atoms with Gasteiger partial charge in [0.15, 0.2) is 0 Å². The van der Waals surface area contributed by atoms with Gasteiger partial charge < -0.3 is 10.2 Å². The van der Waals surface area contributed by atoms with Crippen LogP contribution in [0.5, 0.6) is 0 Å². The Labute approximate surface area is 135 Å².